The van der Waals surface area contributed by atoms with E-state index in [0.29, 0.717) is 17.9 Å². The SMILES string of the molecule is CCCN1C(=O)c2cc(C(=O)N3CCCCCC3)nn2C[C@]1(C)C(=O)NC1CCCC1. The summed E-state index contributed by atoms with van der Waals surface area (Å²) in [5, 5.41) is 7.68. The molecule has 31 heavy (non-hydrogen) atoms. The first-order valence-electron chi connectivity index (χ1n) is 11.9. The Hall–Kier alpha value is -2.38. The highest BCUT2D eigenvalue weighted by Gasteiger charge is 2.48. The molecule has 1 N–H and O–H groups in total. The van der Waals surface area contributed by atoms with Gasteiger partial charge in [-0.05, 0) is 39.0 Å². The van der Waals surface area contributed by atoms with Crippen molar-refractivity contribution in [2.75, 3.05) is 19.6 Å². The standard InChI is InChI=1S/C23H35N5O3/c1-3-12-27-21(30)19-15-18(20(29)26-13-8-4-5-9-14-26)25-28(19)16-23(27,2)22(31)24-17-10-6-7-11-17/h15,17H,3-14,16H2,1-2H3,(H,24,31)/t23-/m1/s1. The van der Waals surface area contributed by atoms with Crippen LogP contribution in [0.25, 0.3) is 0 Å². The number of aromatic nitrogens is 2. The summed E-state index contributed by atoms with van der Waals surface area (Å²) in [5.41, 5.74) is -0.308. The maximum absolute atomic E-state index is 13.4. The number of rotatable bonds is 5. The minimum atomic E-state index is -1.02. The van der Waals surface area contributed by atoms with E-state index >= 15 is 0 Å². The minimum absolute atomic E-state index is 0.115. The summed E-state index contributed by atoms with van der Waals surface area (Å²) < 4.78 is 1.58. The Morgan fingerprint density at radius 1 is 1.13 bits per heavy atom. The third kappa shape index (κ3) is 4.21. The fourth-order valence-corrected chi connectivity index (χ4v) is 5.17. The van der Waals surface area contributed by atoms with Crippen LogP contribution in [0.15, 0.2) is 6.07 Å². The van der Waals surface area contributed by atoms with E-state index in [-0.39, 0.29) is 30.3 Å². The van der Waals surface area contributed by atoms with Gasteiger partial charge in [0.1, 0.15) is 11.2 Å². The Balaban J connectivity index is 1.60. The lowest BCUT2D eigenvalue weighted by Gasteiger charge is -2.43. The monoisotopic (exact) mass is 429 g/mol. The van der Waals surface area contributed by atoms with E-state index in [1.165, 1.54) is 0 Å². The quantitative estimate of drug-likeness (QED) is 0.779. The zero-order chi connectivity index (χ0) is 22.0. The number of likely N-dealkylation sites (tertiary alicyclic amines) is 1. The van der Waals surface area contributed by atoms with Crippen LogP contribution in [0.1, 0.15) is 92.6 Å². The number of carbonyl (C=O) groups is 3. The molecule has 1 aromatic rings. The summed E-state index contributed by atoms with van der Waals surface area (Å²) in [6, 6.07) is 1.80. The molecule has 170 valence electrons. The zero-order valence-electron chi connectivity index (χ0n) is 18.9. The molecular formula is C23H35N5O3. The molecule has 1 aliphatic carbocycles. The lowest BCUT2D eigenvalue weighted by Crippen LogP contribution is -2.65. The second-order valence-corrected chi connectivity index (χ2v) is 9.46. The van der Waals surface area contributed by atoms with Crippen LogP contribution < -0.4 is 5.32 Å². The second-order valence-electron chi connectivity index (χ2n) is 9.46. The van der Waals surface area contributed by atoms with E-state index in [1.807, 2.05) is 18.7 Å². The molecule has 0 unspecified atom stereocenters. The van der Waals surface area contributed by atoms with Crippen molar-refractivity contribution in [3.05, 3.63) is 17.5 Å². The van der Waals surface area contributed by atoms with Crippen LogP contribution in [-0.2, 0) is 11.3 Å². The van der Waals surface area contributed by atoms with Crippen molar-refractivity contribution >= 4 is 17.7 Å². The zero-order valence-corrected chi connectivity index (χ0v) is 18.9. The molecule has 8 heteroatoms. The van der Waals surface area contributed by atoms with Crippen LogP contribution in [-0.4, -0.2) is 68.5 Å². The molecule has 3 aliphatic rings. The molecule has 4 rings (SSSR count). The maximum Gasteiger partial charge on any atom is 0.274 e. The summed E-state index contributed by atoms with van der Waals surface area (Å²) >= 11 is 0. The predicted molar refractivity (Wildman–Crippen MR) is 117 cm³/mol. The van der Waals surface area contributed by atoms with E-state index in [9.17, 15) is 14.4 Å². The second kappa shape index (κ2) is 9.01. The van der Waals surface area contributed by atoms with Gasteiger partial charge in [-0.1, -0.05) is 32.6 Å². The van der Waals surface area contributed by atoms with Crippen molar-refractivity contribution in [2.24, 2.45) is 0 Å². The third-order valence-electron chi connectivity index (χ3n) is 7.04. The van der Waals surface area contributed by atoms with Gasteiger partial charge >= 0.3 is 0 Å². The van der Waals surface area contributed by atoms with Crippen LogP contribution in [0.5, 0.6) is 0 Å². The van der Waals surface area contributed by atoms with Crippen molar-refractivity contribution in [3.63, 3.8) is 0 Å². The van der Waals surface area contributed by atoms with Crippen molar-refractivity contribution in [2.45, 2.75) is 89.8 Å². The number of fused-ring (bicyclic) bond motifs is 1. The molecule has 0 bridgehead atoms. The number of nitrogens with one attached hydrogen (secondary N) is 1. The molecule has 2 fully saturated rings. The number of amides is 3. The van der Waals surface area contributed by atoms with Crippen molar-refractivity contribution in [3.8, 4) is 0 Å². The van der Waals surface area contributed by atoms with Gasteiger partial charge in [0, 0.05) is 31.7 Å². The van der Waals surface area contributed by atoms with Crippen LogP contribution in [0.2, 0.25) is 0 Å². The summed E-state index contributed by atoms with van der Waals surface area (Å²) in [7, 11) is 0. The fraction of sp³-hybridized carbons (Fsp3) is 0.739. The van der Waals surface area contributed by atoms with Gasteiger partial charge < -0.3 is 15.1 Å². The fourth-order valence-electron chi connectivity index (χ4n) is 5.17. The first-order chi connectivity index (χ1) is 14.9. The molecule has 0 spiro atoms. The predicted octanol–water partition coefficient (Wildman–Crippen LogP) is 2.58. The smallest absolute Gasteiger partial charge is 0.274 e. The van der Waals surface area contributed by atoms with Gasteiger partial charge in [-0.2, -0.15) is 5.10 Å². The van der Waals surface area contributed by atoms with E-state index in [0.717, 1.165) is 70.9 Å². The Morgan fingerprint density at radius 2 is 1.81 bits per heavy atom. The molecule has 8 nitrogen and oxygen atoms in total. The normalized spacial score (nSPS) is 24.8. The highest BCUT2D eigenvalue weighted by Crippen LogP contribution is 2.29. The Labute approximate surface area is 184 Å². The Morgan fingerprint density at radius 3 is 2.45 bits per heavy atom. The van der Waals surface area contributed by atoms with Gasteiger partial charge in [-0.3, -0.25) is 19.1 Å². The Bertz CT molecular complexity index is 836. The Kier molecular flexibility index (Phi) is 6.34. The first-order valence-corrected chi connectivity index (χ1v) is 11.9. The first kappa shape index (κ1) is 21.8. The van der Waals surface area contributed by atoms with Gasteiger partial charge in [-0.15, -0.1) is 0 Å². The van der Waals surface area contributed by atoms with Gasteiger partial charge in [-0.25, -0.2) is 0 Å². The summed E-state index contributed by atoms with van der Waals surface area (Å²) in [5.74, 6) is -0.460. The molecule has 3 amide bonds. The molecule has 0 radical (unpaired) electrons. The van der Waals surface area contributed by atoms with Crippen LogP contribution in [0, 0.1) is 0 Å². The molecule has 1 aromatic heterocycles. The lowest BCUT2D eigenvalue weighted by molar-refractivity contribution is -0.133. The van der Waals surface area contributed by atoms with Gasteiger partial charge in [0.25, 0.3) is 11.8 Å². The summed E-state index contributed by atoms with van der Waals surface area (Å²) in [4.78, 5) is 43.3. The van der Waals surface area contributed by atoms with E-state index < -0.39 is 5.54 Å². The largest absolute Gasteiger partial charge is 0.351 e. The van der Waals surface area contributed by atoms with E-state index in [4.69, 9.17) is 0 Å². The van der Waals surface area contributed by atoms with Crippen molar-refractivity contribution < 1.29 is 14.4 Å². The molecule has 1 atom stereocenters. The van der Waals surface area contributed by atoms with Gasteiger partial charge in [0.2, 0.25) is 5.91 Å². The van der Waals surface area contributed by atoms with E-state index in [1.54, 1.807) is 15.6 Å². The molecule has 2 aliphatic heterocycles. The minimum Gasteiger partial charge on any atom is -0.351 e. The summed E-state index contributed by atoms with van der Waals surface area (Å²) in [6.45, 7) is 6.05. The molecule has 0 aromatic carbocycles. The highest BCUT2D eigenvalue weighted by atomic mass is 16.2. The van der Waals surface area contributed by atoms with Crippen molar-refractivity contribution in [1.29, 1.82) is 0 Å². The van der Waals surface area contributed by atoms with Crippen LogP contribution in [0.3, 0.4) is 0 Å². The highest BCUT2D eigenvalue weighted by molar-refractivity contribution is 6.02. The molecular weight excluding hydrogens is 394 g/mol. The van der Waals surface area contributed by atoms with Gasteiger partial charge in [0.15, 0.2) is 5.69 Å². The van der Waals surface area contributed by atoms with Gasteiger partial charge in [0.05, 0.1) is 6.54 Å². The lowest BCUT2D eigenvalue weighted by atomic mass is 9.94. The molecule has 1 saturated heterocycles. The average Bonchev–Trinajstić information content (AvgIpc) is 3.33. The number of hydrogen-bond acceptors (Lipinski definition) is 4. The topological polar surface area (TPSA) is 87.5 Å². The molecule has 1 saturated carbocycles. The van der Waals surface area contributed by atoms with E-state index in [2.05, 4.69) is 10.4 Å². The van der Waals surface area contributed by atoms with Crippen LogP contribution >= 0.6 is 0 Å². The summed E-state index contributed by atoms with van der Waals surface area (Å²) in [6.07, 6.45) is 9.28. The molecule has 3 heterocycles. The number of hydrogen-bond donors (Lipinski definition) is 1. The number of nitrogens with zero attached hydrogens (tertiary/aromatic N) is 4. The van der Waals surface area contributed by atoms with Crippen LogP contribution in [0.4, 0.5) is 0 Å². The van der Waals surface area contributed by atoms with Crippen molar-refractivity contribution in [1.82, 2.24) is 24.9 Å². The third-order valence-corrected chi connectivity index (χ3v) is 7.04. The number of carbonyl (C=O) groups excluding carboxylic acids is 3. The average molecular weight is 430 g/mol. The maximum atomic E-state index is 13.4.